The van der Waals surface area contributed by atoms with E-state index in [9.17, 15) is 4.79 Å². The molecule has 1 heterocycles. The van der Waals surface area contributed by atoms with E-state index in [-0.39, 0.29) is 11.8 Å². The van der Waals surface area contributed by atoms with Crippen molar-refractivity contribution in [3.8, 4) is 0 Å². The van der Waals surface area contributed by atoms with E-state index >= 15 is 0 Å². The van der Waals surface area contributed by atoms with Crippen molar-refractivity contribution in [2.24, 2.45) is 17.6 Å². The smallest absolute Gasteiger partial charge is 0.306 e. The molecule has 12 heavy (non-hydrogen) atoms. The van der Waals surface area contributed by atoms with Crippen LogP contribution in [-0.4, -0.2) is 30.8 Å². The predicted octanol–water partition coefficient (Wildman–Crippen LogP) is 0.0725. The lowest BCUT2D eigenvalue weighted by molar-refractivity contribution is -0.143. The zero-order valence-corrected chi connectivity index (χ0v) is 7.03. The van der Waals surface area contributed by atoms with E-state index in [1.54, 1.807) is 0 Å². The number of carboxylic acid groups (broad SMARTS) is 1. The highest BCUT2D eigenvalue weighted by molar-refractivity contribution is 5.70. The second-order valence-electron chi connectivity index (χ2n) is 3.13. The van der Waals surface area contributed by atoms with E-state index in [0.29, 0.717) is 26.2 Å². The molecule has 0 bridgehead atoms. The average Bonchev–Trinajstić information content (AvgIpc) is 2.27. The van der Waals surface area contributed by atoms with Gasteiger partial charge < -0.3 is 15.6 Å². The molecular weight excluding hydrogens is 158 g/mol. The van der Waals surface area contributed by atoms with E-state index in [1.807, 2.05) is 0 Å². The highest BCUT2D eigenvalue weighted by atomic mass is 16.5. The van der Waals surface area contributed by atoms with Crippen LogP contribution >= 0.6 is 0 Å². The number of ether oxygens (including phenoxy) is 1. The normalized spacial score (nSPS) is 31.1. The van der Waals surface area contributed by atoms with E-state index in [1.165, 1.54) is 0 Å². The molecule has 0 radical (unpaired) electrons. The van der Waals surface area contributed by atoms with Gasteiger partial charge >= 0.3 is 5.97 Å². The zero-order chi connectivity index (χ0) is 8.97. The summed E-state index contributed by atoms with van der Waals surface area (Å²) >= 11 is 0. The summed E-state index contributed by atoms with van der Waals surface area (Å²) in [5.74, 6) is -0.960. The van der Waals surface area contributed by atoms with Gasteiger partial charge in [-0.1, -0.05) is 0 Å². The van der Waals surface area contributed by atoms with Crippen molar-refractivity contribution in [2.75, 3.05) is 19.8 Å². The van der Waals surface area contributed by atoms with Gasteiger partial charge in [-0.2, -0.15) is 0 Å². The van der Waals surface area contributed by atoms with Crippen LogP contribution in [0.2, 0.25) is 0 Å². The largest absolute Gasteiger partial charge is 0.481 e. The molecule has 4 heteroatoms. The van der Waals surface area contributed by atoms with Crippen LogP contribution in [0.5, 0.6) is 0 Å². The Labute approximate surface area is 71.7 Å². The van der Waals surface area contributed by atoms with E-state index in [0.717, 1.165) is 6.42 Å². The molecule has 0 aromatic heterocycles. The van der Waals surface area contributed by atoms with Gasteiger partial charge in [0.05, 0.1) is 5.92 Å². The number of hydrogen-bond acceptors (Lipinski definition) is 3. The quantitative estimate of drug-likeness (QED) is 0.620. The molecule has 1 fully saturated rings. The Morgan fingerprint density at radius 3 is 2.75 bits per heavy atom. The van der Waals surface area contributed by atoms with Gasteiger partial charge in [0.1, 0.15) is 0 Å². The lowest BCUT2D eigenvalue weighted by Crippen LogP contribution is -2.29. The summed E-state index contributed by atoms with van der Waals surface area (Å²) in [6, 6.07) is 0. The van der Waals surface area contributed by atoms with Gasteiger partial charge in [-0.15, -0.1) is 0 Å². The van der Waals surface area contributed by atoms with E-state index < -0.39 is 5.97 Å². The van der Waals surface area contributed by atoms with Gasteiger partial charge in [0, 0.05) is 13.2 Å². The van der Waals surface area contributed by atoms with Crippen LogP contribution < -0.4 is 5.73 Å². The van der Waals surface area contributed by atoms with Crippen LogP contribution in [0.4, 0.5) is 0 Å². The van der Waals surface area contributed by atoms with Crippen LogP contribution in [0, 0.1) is 11.8 Å². The van der Waals surface area contributed by atoms with Gasteiger partial charge in [-0.3, -0.25) is 4.79 Å². The lowest BCUT2D eigenvalue weighted by Gasteiger charge is -2.17. The molecule has 1 rings (SSSR count). The third-order valence-corrected chi connectivity index (χ3v) is 2.40. The van der Waals surface area contributed by atoms with Crippen LogP contribution in [0.3, 0.4) is 0 Å². The Morgan fingerprint density at radius 2 is 2.17 bits per heavy atom. The molecule has 0 aliphatic carbocycles. The van der Waals surface area contributed by atoms with Gasteiger partial charge in [0.2, 0.25) is 0 Å². The van der Waals surface area contributed by atoms with Crippen molar-refractivity contribution < 1.29 is 14.6 Å². The second-order valence-corrected chi connectivity index (χ2v) is 3.13. The minimum absolute atomic E-state index is 0.0880. The molecule has 1 aliphatic rings. The molecule has 4 nitrogen and oxygen atoms in total. The Hall–Kier alpha value is -0.610. The number of nitrogens with two attached hydrogens (primary N) is 1. The van der Waals surface area contributed by atoms with Crippen LogP contribution in [-0.2, 0) is 9.53 Å². The maximum Gasteiger partial charge on any atom is 0.306 e. The first-order chi connectivity index (χ1) is 5.75. The maximum absolute atomic E-state index is 10.8. The fraction of sp³-hybridized carbons (Fsp3) is 0.875. The molecule has 70 valence electrons. The third-order valence-electron chi connectivity index (χ3n) is 2.40. The predicted molar refractivity (Wildman–Crippen MR) is 43.7 cm³/mol. The van der Waals surface area contributed by atoms with Crippen LogP contribution in [0.25, 0.3) is 0 Å². The summed E-state index contributed by atoms with van der Waals surface area (Å²) in [7, 11) is 0. The SMILES string of the molecule is NC[C@H]1CCOCC[C@H]1C(=O)O. The first kappa shape index (κ1) is 9.48. The van der Waals surface area contributed by atoms with Crippen molar-refractivity contribution in [1.29, 1.82) is 0 Å². The van der Waals surface area contributed by atoms with Gasteiger partial charge in [-0.25, -0.2) is 0 Å². The maximum atomic E-state index is 10.8. The summed E-state index contributed by atoms with van der Waals surface area (Å²) in [5.41, 5.74) is 5.48. The molecule has 1 saturated heterocycles. The number of rotatable bonds is 2. The topological polar surface area (TPSA) is 72.5 Å². The number of aliphatic carboxylic acids is 1. The minimum atomic E-state index is -0.740. The van der Waals surface area contributed by atoms with Crippen molar-refractivity contribution >= 4 is 5.97 Å². The molecule has 0 aromatic carbocycles. The van der Waals surface area contributed by atoms with Crippen molar-refractivity contribution in [3.05, 3.63) is 0 Å². The fourth-order valence-corrected chi connectivity index (χ4v) is 1.59. The van der Waals surface area contributed by atoms with Crippen LogP contribution in [0.1, 0.15) is 12.8 Å². The Morgan fingerprint density at radius 1 is 1.50 bits per heavy atom. The van der Waals surface area contributed by atoms with Crippen molar-refractivity contribution in [2.45, 2.75) is 12.8 Å². The Kier molecular flexibility index (Phi) is 3.49. The lowest BCUT2D eigenvalue weighted by atomic mass is 9.88. The van der Waals surface area contributed by atoms with Crippen molar-refractivity contribution in [1.82, 2.24) is 0 Å². The third kappa shape index (κ3) is 2.19. The number of hydrogen-bond donors (Lipinski definition) is 2. The summed E-state index contributed by atoms with van der Waals surface area (Å²) in [5, 5.41) is 8.85. The zero-order valence-electron chi connectivity index (χ0n) is 7.03. The molecule has 3 N–H and O–H groups in total. The summed E-state index contributed by atoms with van der Waals surface area (Å²) in [4.78, 5) is 10.8. The molecule has 0 amide bonds. The van der Waals surface area contributed by atoms with Gasteiger partial charge in [0.25, 0.3) is 0 Å². The average molecular weight is 173 g/mol. The molecule has 0 saturated carbocycles. The molecule has 1 aliphatic heterocycles. The van der Waals surface area contributed by atoms with Gasteiger partial charge in [-0.05, 0) is 25.3 Å². The van der Waals surface area contributed by atoms with Crippen molar-refractivity contribution in [3.63, 3.8) is 0 Å². The standard InChI is InChI=1S/C8H15NO3/c9-5-6-1-3-12-4-2-7(6)8(10)11/h6-7H,1-5,9H2,(H,10,11)/t6-,7-/m1/s1. The number of carboxylic acids is 1. The fourth-order valence-electron chi connectivity index (χ4n) is 1.59. The number of carbonyl (C=O) groups is 1. The Bertz CT molecular complexity index is 160. The molecule has 0 spiro atoms. The minimum Gasteiger partial charge on any atom is -0.481 e. The van der Waals surface area contributed by atoms with E-state index in [2.05, 4.69) is 0 Å². The van der Waals surface area contributed by atoms with Gasteiger partial charge in [0.15, 0.2) is 0 Å². The summed E-state index contributed by atoms with van der Waals surface area (Å²) < 4.78 is 5.19. The monoisotopic (exact) mass is 173 g/mol. The first-order valence-corrected chi connectivity index (χ1v) is 4.26. The van der Waals surface area contributed by atoms with Crippen LogP contribution in [0.15, 0.2) is 0 Å². The Balaban J connectivity index is 2.57. The summed E-state index contributed by atoms with van der Waals surface area (Å²) in [6.07, 6.45) is 1.37. The molecule has 0 unspecified atom stereocenters. The second kappa shape index (κ2) is 4.42. The highest BCUT2D eigenvalue weighted by Crippen LogP contribution is 2.22. The highest BCUT2D eigenvalue weighted by Gasteiger charge is 2.28. The molecule has 2 atom stereocenters. The molecular formula is C8H15NO3. The first-order valence-electron chi connectivity index (χ1n) is 4.26. The summed E-state index contributed by atoms with van der Waals surface area (Å²) in [6.45, 7) is 1.64. The van der Waals surface area contributed by atoms with E-state index in [4.69, 9.17) is 15.6 Å². The molecule has 0 aromatic rings.